The third-order valence-electron chi connectivity index (χ3n) is 3.73. The van der Waals surface area contributed by atoms with Crippen LogP contribution in [0.15, 0.2) is 18.2 Å². The fourth-order valence-corrected chi connectivity index (χ4v) is 2.72. The van der Waals surface area contributed by atoms with Gasteiger partial charge in [-0.2, -0.15) is 0 Å². The minimum Gasteiger partial charge on any atom is -0.345 e. The number of carbonyl (C=O) groups is 1. The molecular weight excluding hydrogens is 267 g/mol. The number of carbonyl (C=O) groups excluding carboxylic acids is 1. The van der Waals surface area contributed by atoms with E-state index in [9.17, 15) is 9.18 Å². The zero-order valence-electron chi connectivity index (χ0n) is 13.0. The maximum absolute atomic E-state index is 14.6. The number of benzene rings is 1. The average Bonchev–Trinajstić information content (AvgIpc) is 2.47. The highest BCUT2D eigenvalue weighted by atomic mass is 19.1. The Balaban J connectivity index is 2.49. The fourth-order valence-electron chi connectivity index (χ4n) is 2.72. The quantitative estimate of drug-likeness (QED) is 0.925. The Morgan fingerprint density at radius 1 is 1.38 bits per heavy atom. The third kappa shape index (κ3) is 3.50. The number of hydrogen-bond acceptors (Lipinski definition) is 2. The number of nitrogens with one attached hydrogen (secondary N) is 1. The summed E-state index contributed by atoms with van der Waals surface area (Å²) in [6.45, 7) is 3.72. The first-order valence-electron chi connectivity index (χ1n) is 7.48. The summed E-state index contributed by atoms with van der Waals surface area (Å²) in [5, 5.41) is 3.24. The van der Waals surface area contributed by atoms with E-state index in [-0.39, 0.29) is 11.7 Å². The van der Waals surface area contributed by atoms with Crippen molar-refractivity contribution in [1.82, 2.24) is 10.2 Å². The van der Waals surface area contributed by atoms with E-state index in [2.05, 4.69) is 18.3 Å². The van der Waals surface area contributed by atoms with E-state index >= 15 is 0 Å². The van der Waals surface area contributed by atoms with Crippen molar-refractivity contribution in [2.24, 2.45) is 0 Å². The van der Waals surface area contributed by atoms with E-state index in [4.69, 9.17) is 0 Å². The maximum atomic E-state index is 14.6. The van der Waals surface area contributed by atoms with Crippen LogP contribution < -0.4 is 5.32 Å². The molecule has 0 aromatic heterocycles. The van der Waals surface area contributed by atoms with Crippen LogP contribution in [0.1, 0.15) is 41.3 Å². The molecule has 0 unspecified atom stereocenters. The molecule has 0 atom stereocenters. The Morgan fingerprint density at radius 3 is 2.71 bits per heavy atom. The first kappa shape index (κ1) is 15.7. The minimum atomic E-state index is -0.278. The molecule has 0 bridgehead atoms. The van der Waals surface area contributed by atoms with Crippen molar-refractivity contribution in [3.63, 3.8) is 0 Å². The van der Waals surface area contributed by atoms with Gasteiger partial charge in [0, 0.05) is 31.8 Å². The SMILES string of the molecule is CCCc1cc(C(=O)N(C)C)cc(F)c1C1=CCNCC1. The lowest BCUT2D eigenvalue weighted by molar-refractivity contribution is 0.0827. The molecule has 21 heavy (non-hydrogen) atoms. The number of halogens is 1. The number of nitrogens with zero attached hydrogens (tertiary/aromatic N) is 1. The van der Waals surface area contributed by atoms with E-state index in [1.165, 1.54) is 11.0 Å². The van der Waals surface area contributed by atoms with Gasteiger partial charge in [0.05, 0.1) is 0 Å². The Hall–Kier alpha value is -1.68. The molecule has 1 N–H and O–H groups in total. The van der Waals surface area contributed by atoms with Crippen molar-refractivity contribution < 1.29 is 9.18 Å². The largest absolute Gasteiger partial charge is 0.345 e. The predicted molar refractivity (Wildman–Crippen MR) is 83.9 cm³/mol. The van der Waals surface area contributed by atoms with Crippen molar-refractivity contribution in [1.29, 1.82) is 0 Å². The van der Waals surface area contributed by atoms with E-state index in [0.717, 1.165) is 43.5 Å². The molecule has 0 aliphatic carbocycles. The average molecular weight is 290 g/mol. The maximum Gasteiger partial charge on any atom is 0.253 e. The second-order valence-corrected chi connectivity index (χ2v) is 5.63. The molecule has 3 nitrogen and oxygen atoms in total. The lowest BCUT2D eigenvalue weighted by Crippen LogP contribution is -2.23. The summed E-state index contributed by atoms with van der Waals surface area (Å²) in [6.07, 6.45) is 4.59. The third-order valence-corrected chi connectivity index (χ3v) is 3.73. The summed E-state index contributed by atoms with van der Waals surface area (Å²) in [5.41, 5.74) is 3.13. The van der Waals surface area contributed by atoms with Crippen LogP contribution in [0.5, 0.6) is 0 Å². The molecule has 0 spiro atoms. The van der Waals surface area contributed by atoms with E-state index < -0.39 is 0 Å². The summed E-state index contributed by atoms with van der Waals surface area (Å²) < 4.78 is 14.6. The zero-order valence-corrected chi connectivity index (χ0v) is 13.0. The topological polar surface area (TPSA) is 32.3 Å². The Kier molecular flexibility index (Phi) is 5.12. The highest BCUT2D eigenvalue weighted by Crippen LogP contribution is 2.29. The van der Waals surface area contributed by atoms with E-state index in [0.29, 0.717) is 11.1 Å². The number of rotatable bonds is 4. The van der Waals surface area contributed by atoms with Crippen LogP contribution in [0.3, 0.4) is 0 Å². The van der Waals surface area contributed by atoms with Gasteiger partial charge in [-0.05, 0) is 42.7 Å². The van der Waals surface area contributed by atoms with Gasteiger partial charge < -0.3 is 10.2 Å². The molecule has 0 saturated heterocycles. The molecule has 1 aromatic rings. The molecule has 1 heterocycles. The van der Waals surface area contributed by atoms with Gasteiger partial charge in [0.1, 0.15) is 5.82 Å². The molecular formula is C17H23FN2O. The van der Waals surface area contributed by atoms with Crippen LogP contribution in [-0.2, 0) is 6.42 Å². The molecule has 1 aliphatic heterocycles. The summed E-state index contributed by atoms with van der Waals surface area (Å²) in [5.74, 6) is -0.434. The Morgan fingerprint density at radius 2 is 2.14 bits per heavy atom. The summed E-state index contributed by atoms with van der Waals surface area (Å²) in [7, 11) is 3.37. The standard InChI is InChI=1S/C17H23FN2O/c1-4-5-13-10-14(17(21)20(2)3)11-15(18)16(13)12-6-8-19-9-7-12/h6,10-11,19H,4-5,7-9H2,1-3H3. The van der Waals surface area contributed by atoms with Crippen LogP contribution in [0.25, 0.3) is 5.57 Å². The minimum absolute atomic E-state index is 0.155. The highest BCUT2D eigenvalue weighted by molar-refractivity contribution is 5.94. The van der Waals surface area contributed by atoms with E-state index in [1.807, 2.05) is 6.07 Å². The smallest absolute Gasteiger partial charge is 0.253 e. The van der Waals surface area contributed by atoms with Crippen LogP contribution in [0, 0.1) is 5.82 Å². The van der Waals surface area contributed by atoms with Gasteiger partial charge in [-0.15, -0.1) is 0 Å². The second-order valence-electron chi connectivity index (χ2n) is 5.63. The monoisotopic (exact) mass is 290 g/mol. The normalized spacial score (nSPS) is 14.8. The molecule has 1 aliphatic rings. The van der Waals surface area contributed by atoms with Gasteiger partial charge >= 0.3 is 0 Å². The van der Waals surface area contributed by atoms with Crippen molar-refractivity contribution in [2.45, 2.75) is 26.2 Å². The molecule has 2 rings (SSSR count). The second kappa shape index (κ2) is 6.85. The van der Waals surface area contributed by atoms with Gasteiger partial charge in [0.15, 0.2) is 0 Å². The van der Waals surface area contributed by atoms with Crippen LogP contribution in [-0.4, -0.2) is 38.0 Å². The van der Waals surface area contributed by atoms with Gasteiger partial charge in [-0.3, -0.25) is 4.79 Å². The number of hydrogen-bond donors (Lipinski definition) is 1. The summed E-state index contributed by atoms with van der Waals surface area (Å²) in [6, 6.07) is 3.23. The first-order chi connectivity index (χ1) is 10.0. The number of amides is 1. The number of aryl methyl sites for hydroxylation is 1. The fraction of sp³-hybridized carbons (Fsp3) is 0.471. The highest BCUT2D eigenvalue weighted by Gasteiger charge is 2.19. The van der Waals surface area contributed by atoms with Crippen molar-refractivity contribution >= 4 is 11.5 Å². The zero-order chi connectivity index (χ0) is 15.4. The lowest BCUT2D eigenvalue weighted by Gasteiger charge is -2.20. The molecule has 0 radical (unpaired) electrons. The van der Waals surface area contributed by atoms with Gasteiger partial charge in [-0.25, -0.2) is 4.39 Å². The predicted octanol–water partition coefficient (Wildman–Crippen LogP) is 2.86. The molecule has 114 valence electrons. The first-order valence-corrected chi connectivity index (χ1v) is 7.48. The molecule has 1 amide bonds. The van der Waals surface area contributed by atoms with Gasteiger partial charge in [-0.1, -0.05) is 19.4 Å². The summed E-state index contributed by atoms with van der Waals surface area (Å²) in [4.78, 5) is 13.6. The van der Waals surface area contributed by atoms with Crippen molar-refractivity contribution in [3.8, 4) is 0 Å². The van der Waals surface area contributed by atoms with Crippen molar-refractivity contribution in [3.05, 3.63) is 40.7 Å². The Bertz CT molecular complexity index is 564. The molecule has 4 heteroatoms. The summed E-state index contributed by atoms with van der Waals surface area (Å²) >= 11 is 0. The molecule has 0 fully saturated rings. The van der Waals surface area contributed by atoms with E-state index in [1.54, 1.807) is 14.1 Å². The van der Waals surface area contributed by atoms with Crippen LogP contribution >= 0.6 is 0 Å². The van der Waals surface area contributed by atoms with Gasteiger partial charge in [0.2, 0.25) is 0 Å². The van der Waals surface area contributed by atoms with Crippen LogP contribution in [0.4, 0.5) is 4.39 Å². The molecule has 1 aromatic carbocycles. The van der Waals surface area contributed by atoms with Crippen LogP contribution in [0.2, 0.25) is 0 Å². The molecule has 0 saturated carbocycles. The lowest BCUT2D eigenvalue weighted by atomic mass is 9.91. The van der Waals surface area contributed by atoms with Gasteiger partial charge in [0.25, 0.3) is 5.91 Å². The van der Waals surface area contributed by atoms with Crippen molar-refractivity contribution in [2.75, 3.05) is 27.2 Å². The Labute approximate surface area is 125 Å².